The lowest BCUT2D eigenvalue weighted by Crippen LogP contribution is -2.24. The van der Waals surface area contributed by atoms with Crippen LogP contribution in [0.1, 0.15) is 5.69 Å². The lowest BCUT2D eigenvalue weighted by atomic mass is 10.4. The van der Waals surface area contributed by atoms with Gasteiger partial charge in [-0.1, -0.05) is 0 Å². The van der Waals surface area contributed by atoms with Crippen LogP contribution < -0.4 is 10.6 Å². The van der Waals surface area contributed by atoms with Crippen LogP contribution in [0.3, 0.4) is 0 Å². The van der Waals surface area contributed by atoms with E-state index in [4.69, 9.17) is 16.2 Å². The van der Waals surface area contributed by atoms with E-state index in [1.165, 1.54) is 6.20 Å². The highest BCUT2D eigenvalue weighted by Crippen LogP contribution is 2.04. The number of hydrogen-bond acceptors (Lipinski definition) is 5. The van der Waals surface area contributed by atoms with Crippen LogP contribution in [0.5, 0.6) is 0 Å². The van der Waals surface area contributed by atoms with Crippen molar-refractivity contribution >= 4 is 11.8 Å². The van der Waals surface area contributed by atoms with Crippen molar-refractivity contribution in [2.75, 3.05) is 25.1 Å². The molecule has 0 aromatic carbocycles. The van der Waals surface area contributed by atoms with Gasteiger partial charge in [-0.05, 0) is 6.07 Å². The van der Waals surface area contributed by atoms with E-state index in [1.807, 2.05) is 0 Å². The fourth-order valence-corrected chi connectivity index (χ4v) is 0.932. The maximum absolute atomic E-state index is 8.71. The molecule has 6 heteroatoms. The number of nitrogen functional groups attached to an aromatic ring is 1. The monoisotopic (exact) mass is 195 g/mol. The van der Waals surface area contributed by atoms with Crippen LogP contribution in [0, 0.1) is 5.41 Å². The predicted molar refractivity (Wildman–Crippen MR) is 53.4 cm³/mol. The standard InChI is InChI=1S/C8H13N5O/c1-13(4-5-14)8-11-3-2-6(12-8)7(9)10/h2-3,14H,4-5H2,1H3,(H3,9,10). The number of likely N-dealkylation sites (N-methyl/N-ethyl adjacent to an activating group) is 1. The van der Waals surface area contributed by atoms with Crippen molar-refractivity contribution in [3.05, 3.63) is 18.0 Å². The van der Waals surface area contributed by atoms with Crippen molar-refractivity contribution in [2.45, 2.75) is 0 Å². The summed E-state index contributed by atoms with van der Waals surface area (Å²) in [5.41, 5.74) is 5.67. The van der Waals surface area contributed by atoms with Gasteiger partial charge < -0.3 is 15.7 Å². The molecule has 0 saturated carbocycles. The summed E-state index contributed by atoms with van der Waals surface area (Å²) in [6.07, 6.45) is 1.53. The molecule has 0 radical (unpaired) electrons. The molecule has 6 nitrogen and oxygen atoms in total. The zero-order valence-corrected chi connectivity index (χ0v) is 7.94. The molecular formula is C8H13N5O. The van der Waals surface area contributed by atoms with Crippen LogP contribution >= 0.6 is 0 Å². The Labute approximate surface area is 81.9 Å². The molecule has 1 aromatic heterocycles. The van der Waals surface area contributed by atoms with Crippen molar-refractivity contribution in [2.24, 2.45) is 5.73 Å². The highest BCUT2D eigenvalue weighted by molar-refractivity contribution is 5.93. The summed E-state index contributed by atoms with van der Waals surface area (Å²) < 4.78 is 0. The summed E-state index contributed by atoms with van der Waals surface area (Å²) in [6.45, 7) is 0.478. The molecule has 14 heavy (non-hydrogen) atoms. The quantitative estimate of drug-likeness (QED) is 0.431. The van der Waals surface area contributed by atoms with Gasteiger partial charge in [0.2, 0.25) is 5.95 Å². The molecule has 0 aliphatic carbocycles. The molecule has 4 N–H and O–H groups in total. The number of aromatic nitrogens is 2. The van der Waals surface area contributed by atoms with Crippen molar-refractivity contribution < 1.29 is 5.11 Å². The number of anilines is 1. The van der Waals surface area contributed by atoms with Crippen LogP contribution in [0.4, 0.5) is 5.95 Å². The first kappa shape index (κ1) is 10.4. The number of aliphatic hydroxyl groups is 1. The van der Waals surface area contributed by atoms with Gasteiger partial charge in [-0.15, -0.1) is 0 Å². The maximum atomic E-state index is 8.71. The number of amidine groups is 1. The Morgan fingerprint density at radius 1 is 1.71 bits per heavy atom. The lowest BCUT2D eigenvalue weighted by Gasteiger charge is -2.15. The van der Waals surface area contributed by atoms with Gasteiger partial charge in [0.25, 0.3) is 0 Å². The van der Waals surface area contributed by atoms with E-state index in [1.54, 1.807) is 18.0 Å². The molecule has 0 aliphatic heterocycles. The number of nitrogens with two attached hydrogens (primary N) is 1. The topological polar surface area (TPSA) is 99.1 Å². The van der Waals surface area contributed by atoms with Gasteiger partial charge in [0.15, 0.2) is 0 Å². The molecular weight excluding hydrogens is 182 g/mol. The van der Waals surface area contributed by atoms with Crippen molar-refractivity contribution in [3.63, 3.8) is 0 Å². The molecule has 0 fully saturated rings. The average molecular weight is 195 g/mol. The number of rotatable bonds is 4. The van der Waals surface area contributed by atoms with Crippen LogP contribution in [0.25, 0.3) is 0 Å². The van der Waals surface area contributed by atoms with Crippen molar-refractivity contribution in [1.29, 1.82) is 5.41 Å². The summed E-state index contributed by atoms with van der Waals surface area (Å²) in [7, 11) is 1.76. The molecule has 0 bridgehead atoms. The first-order chi connectivity index (χ1) is 6.65. The van der Waals surface area contributed by atoms with E-state index >= 15 is 0 Å². The van der Waals surface area contributed by atoms with Crippen molar-refractivity contribution in [3.8, 4) is 0 Å². The summed E-state index contributed by atoms with van der Waals surface area (Å²) >= 11 is 0. The molecule has 1 heterocycles. The first-order valence-electron chi connectivity index (χ1n) is 4.14. The van der Waals surface area contributed by atoms with E-state index in [2.05, 4.69) is 9.97 Å². The summed E-state index contributed by atoms with van der Waals surface area (Å²) in [5.74, 6) is 0.359. The minimum Gasteiger partial charge on any atom is -0.395 e. The molecule has 76 valence electrons. The largest absolute Gasteiger partial charge is 0.395 e. The predicted octanol–water partition coefficient (Wildman–Crippen LogP) is -0.811. The second-order valence-electron chi connectivity index (χ2n) is 2.80. The Morgan fingerprint density at radius 2 is 2.43 bits per heavy atom. The first-order valence-corrected chi connectivity index (χ1v) is 4.14. The highest BCUT2D eigenvalue weighted by Gasteiger charge is 2.05. The second-order valence-corrected chi connectivity index (χ2v) is 2.80. The highest BCUT2D eigenvalue weighted by atomic mass is 16.3. The SMILES string of the molecule is CN(CCO)c1nccc(C(=N)N)n1. The Bertz CT molecular complexity index is 327. The van der Waals surface area contributed by atoms with Gasteiger partial charge in [-0.2, -0.15) is 0 Å². The second kappa shape index (κ2) is 4.52. The molecule has 0 atom stereocenters. The smallest absolute Gasteiger partial charge is 0.225 e. The minimum absolute atomic E-state index is 0.0319. The summed E-state index contributed by atoms with van der Waals surface area (Å²) in [6, 6.07) is 1.57. The third-order valence-electron chi connectivity index (χ3n) is 1.70. The minimum atomic E-state index is -0.0916. The summed E-state index contributed by atoms with van der Waals surface area (Å²) in [4.78, 5) is 9.72. The Kier molecular flexibility index (Phi) is 3.35. The third kappa shape index (κ3) is 2.40. The van der Waals surface area contributed by atoms with Gasteiger partial charge in [-0.3, -0.25) is 5.41 Å². The van der Waals surface area contributed by atoms with Crippen LogP contribution in [-0.4, -0.2) is 41.1 Å². The molecule has 0 spiro atoms. The summed E-state index contributed by atoms with van der Waals surface area (Å²) in [5, 5.41) is 15.9. The normalized spacial score (nSPS) is 9.86. The van der Waals surface area contributed by atoms with Crippen molar-refractivity contribution in [1.82, 2.24) is 9.97 Å². The van der Waals surface area contributed by atoms with Crippen LogP contribution in [-0.2, 0) is 0 Å². The number of aliphatic hydroxyl groups excluding tert-OH is 1. The molecule has 0 unspecified atom stereocenters. The molecule has 0 saturated heterocycles. The zero-order valence-electron chi connectivity index (χ0n) is 7.94. The maximum Gasteiger partial charge on any atom is 0.225 e. The number of hydrogen-bond donors (Lipinski definition) is 3. The number of nitrogens with one attached hydrogen (secondary N) is 1. The lowest BCUT2D eigenvalue weighted by molar-refractivity contribution is 0.303. The van der Waals surface area contributed by atoms with E-state index in [0.29, 0.717) is 18.2 Å². The molecule has 1 rings (SSSR count). The molecule has 0 amide bonds. The zero-order chi connectivity index (χ0) is 10.6. The third-order valence-corrected chi connectivity index (χ3v) is 1.70. The van der Waals surface area contributed by atoms with E-state index in [0.717, 1.165) is 0 Å². The van der Waals surface area contributed by atoms with E-state index < -0.39 is 0 Å². The van der Waals surface area contributed by atoms with Gasteiger partial charge in [0, 0.05) is 19.8 Å². The van der Waals surface area contributed by atoms with E-state index in [-0.39, 0.29) is 12.4 Å². The molecule has 1 aromatic rings. The fourth-order valence-electron chi connectivity index (χ4n) is 0.932. The molecule has 0 aliphatic rings. The average Bonchev–Trinajstić information content (AvgIpc) is 2.18. The van der Waals surface area contributed by atoms with Gasteiger partial charge in [0.05, 0.1) is 6.61 Å². The Balaban J connectivity index is 2.87. The number of nitrogens with zero attached hydrogens (tertiary/aromatic N) is 3. The van der Waals surface area contributed by atoms with Gasteiger partial charge in [-0.25, -0.2) is 9.97 Å². The van der Waals surface area contributed by atoms with Gasteiger partial charge >= 0.3 is 0 Å². The Morgan fingerprint density at radius 3 is 3.00 bits per heavy atom. The fraction of sp³-hybridized carbons (Fsp3) is 0.375. The van der Waals surface area contributed by atoms with Gasteiger partial charge in [0.1, 0.15) is 11.5 Å². The Hall–Kier alpha value is -1.69. The van der Waals surface area contributed by atoms with Crippen LogP contribution in [0.15, 0.2) is 12.3 Å². The van der Waals surface area contributed by atoms with E-state index in [9.17, 15) is 0 Å². The van der Waals surface area contributed by atoms with Crippen LogP contribution in [0.2, 0.25) is 0 Å².